The molecule has 0 spiro atoms. The Kier molecular flexibility index (Phi) is 10.2. The Balaban J connectivity index is 0.00000529. The summed E-state index contributed by atoms with van der Waals surface area (Å²) >= 11 is 5.85. The second-order valence-electron chi connectivity index (χ2n) is 6.23. The van der Waals surface area contributed by atoms with Crippen molar-refractivity contribution in [2.75, 3.05) is 25.9 Å². The Bertz CT molecular complexity index is 626. The van der Waals surface area contributed by atoms with Gasteiger partial charge < -0.3 is 10.6 Å². The lowest BCUT2D eigenvalue weighted by Gasteiger charge is -2.19. The van der Waals surface area contributed by atoms with Gasteiger partial charge in [0.2, 0.25) is 0 Å². The van der Waals surface area contributed by atoms with Crippen LogP contribution in [0.4, 0.5) is 0 Å². The molecule has 0 heterocycles. The number of sulfone groups is 1. The molecule has 0 fully saturated rings. The van der Waals surface area contributed by atoms with Gasteiger partial charge in [-0.05, 0) is 44.9 Å². The predicted octanol–water partition coefficient (Wildman–Crippen LogP) is 2.88. The molecular weight excluding hydrogens is 461 g/mol. The molecule has 1 aromatic carbocycles. The van der Waals surface area contributed by atoms with Gasteiger partial charge in [0.15, 0.2) is 15.8 Å². The maximum Gasteiger partial charge on any atom is 0.191 e. The summed E-state index contributed by atoms with van der Waals surface area (Å²) in [6.45, 7) is 6.16. The van der Waals surface area contributed by atoms with Gasteiger partial charge in [0.25, 0.3) is 0 Å². The van der Waals surface area contributed by atoms with Crippen molar-refractivity contribution in [1.82, 2.24) is 10.6 Å². The molecule has 0 unspecified atom stereocenters. The molecule has 2 N–H and O–H groups in total. The minimum atomic E-state index is -3.13. The van der Waals surface area contributed by atoms with Crippen LogP contribution in [-0.4, -0.2) is 45.0 Å². The average Bonchev–Trinajstić information content (AvgIpc) is 2.46. The van der Waals surface area contributed by atoms with Crippen LogP contribution in [0, 0.1) is 0 Å². The summed E-state index contributed by atoms with van der Waals surface area (Å²) < 4.78 is 23.3. The highest BCUT2D eigenvalue weighted by molar-refractivity contribution is 14.0. The Labute approximate surface area is 167 Å². The van der Waals surface area contributed by atoms with Crippen molar-refractivity contribution in [2.45, 2.75) is 31.9 Å². The highest BCUT2D eigenvalue weighted by Gasteiger charge is 2.28. The third-order valence-electron chi connectivity index (χ3n) is 3.44. The minimum Gasteiger partial charge on any atom is -0.356 e. The Morgan fingerprint density at radius 3 is 2.17 bits per heavy atom. The van der Waals surface area contributed by atoms with E-state index < -0.39 is 14.6 Å². The summed E-state index contributed by atoms with van der Waals surface area (Å²) in [4.78, 5) is 4.09. The number of rotatable bonds is 6. The van der Waals surface area contributed by atoms with E-state index in [-0.39, 0.29) is 29.7 Å². The molecule has 8 heteroatoms. The van der Waals surface area contributed by atoms with Crippen molar-refractivity contribution in [2.24, 2.45) is 4.99 Å². The molecule has 24 heavy (non-hydrogen) atoms. The zero-order valence-electron chi connectivity index (χ0n) is 14.6. The van der Waals surface area contributed by atoms with Crippen molar-refractivity contribution in [3.63, 3.8) is 0 Å². The number of nitrogens with one attached hydrogen (secondary N) is 2. The summed E-state index contributed by atoms with van der Waals surface area (Å²) in [5.74, 6) is 0.678. The van der Waals surface area contributed by atoms with Gasteiger partial charge in [-0.1, -0.05) is 23.7 Å². The predicted molar refractivity (Wildman–Crippen MR) is 113 cm³/mol. The van der Waals surface area contributed by atoms with Crippen LogP contribution in [-0.2, 0) is 16.3 Å². The third kappa shape index (κ3) is 8.02. The van der Waals surface area contributed by atoms with Gasteiger partial charge >= 0.3 is 0 Å². The standard InChI is InChI=1S/C16H26ClN3O2S.HI/c1-16(2,3)23(21,22)12-11-20-15(18-4)19-10-9-13-5-7-14(17)8-6-13;/h5-8H,9-12H2,1-4H3,(H2,18,19,20);1H. The lowest BCUT2D eigenvalue weighted by atomic mass is 10.1. The fourth-order valence-electron chi connectivity index (χ4n) is 1.81. The molecule has 5 nitrogen and oxygen atoms in total. The van der Waals surface area contributed by atoms with E-state index in [1.165, 1.54) is 5.56 Å². The molecule has 0 atom stereocenters. The number of hydrogen-bond donors (Lipinski definition) is 2. The summed E-state index contributed by atoms with van der Waals surface area (Å²) in [5, 5.41) is 6.92. The first-order chi connectivity index (χ1) is 10.7. The van der Waals surface area contributed by atoms with Crippen LogP contribution in [0.15, 0.2) is 29.3 Å². The summed E-state index contributed by atoms with van der Waals surface area (Å²) in [6, 6.07) is 7.69. The molecule has 0 saturated carbocycles. The smallest absolute Gasteiger partial charge is 0.191 e. The van der Waals surface area contributed by atoms with Gasteiger partial charge in [0, 0.05) is 25.2 Å². The van der Waals surface area contributed by atoms with E-state index in [1.54, 1.807) is 27.8 Å². The second kappa shape index (κ2) is 10.5. The first-order valence-corrected chi connectivity index (χ1v) is 9.60. The Hall–Kier alpha value is -0.540. The van der Waals surface area contributed by atoms with E-state index in [2.05, 4.69) is 15.6 Å². The monoisotopic (exact) mass is 487 g/mol. The van der Waals surface area contributed by atoms with Crippen LogP contribution in [0.5, 0.6) is 0 Å². The van der Waals surface area contributed by atoms with Crippen molar-refractivity contribution in [3.8, 4) is 0 Å². The zero-order valence-corrected chi connectivity index (χ0v) is 18.5. The largest absolute Gasteiger partial charge is 0.356 e. The maximum absolute atomic E-state index is 12.0. The average molecular weight is 488 g/mol. The third-order valence-corrected chi connectivity index (χ3v) is 6.30. The second-order valence-corrected chi connectivity index (χ2v) is 9.53. The molecule has 0 aliphatic rings. The molecular formula is C16H27ClIN3O2S. The fourth-order valence-corrected chi connectivity index (χ4v) is 2.92. The van der Waals surface area contributed by atoms with E-state index in [0.717, 1.165) is 11.4 Å². The zero-order chi connectivity index (χ0) is 17.5. The molecule has 0 radical (unpaired) electrons. The van der Waals surface area contributed by atoms with Gasteiger partial charge in [-0.2, -0.15) is 0 Å². The molecule has 0 bridgehead atoms. The molecule has 0 amide bonds. The van der Waals surface area contributed by atoms with Gasteiger partial charge in [-0.25, -0.2) is 8.42 Å². The summed E-state index contributed by atoms with van der Waals surface area (Å²) in [6.07, 6.45) is 0.832. The van der Waals surface area contributed by atoms with Crippen LogP contribution in [0.25, 0.3) is 0 Å². The van der Waals surface area contributed by atoms with E-state index in [0.29, 0.717) is 19.0 Å². The number of aliphatic imine (C=N–C) groups is 1. The fraction of sp³-hybridized carbons (Fsp3) is 0.562. The number of benzene rings is 1. The molecule has 0 aromatic heterocycles. The van der Waals surface area contributed by atoms with Gasteiger partial charge in [-0.3, -0.25) is 4.99 Å². The van der Waals surface area contributed by atoms with Crippen molar-refractivity contribution < 1.29 is 8.42 Å². The number of halogens is 2. The van der Waals surface area contributed by atoms with Crippen LogP contribution in [0.1, 0.15) is 26.3 Å². The summed E-state index contributed by atoms with van der Waals surface area (Å²) in [5.41, 5.74) is 1.17. The SMILES string of the molecule is CN=C(NCCc1ccc(Cl)cc1)NCCS(=O)(=O)C(C)(C)C.I. The van der Waals surface area contributed by atoms with E-state index in [1.807, 2.05) is 24.3 Å². The van der Waals surface area contributed by atoms with E-state index in [9.17, 15) is 8.42 Å². The van der Waals surface area contributed by atoms with Crippen molar-refractivity contribution >= 4 is 51.4 Å². The van der Waals surface area contributed by atoms with Gasteiger partial charge in [0.05, 0.1) is 10.5 Å². The molecule has 138 valence electrons. The van der Waals surface area contributed by atoms with Crippen LogP contribution >= 0.6 is 35.6 Å². The first-order valence-electron chi connectivity index (χ1n) is 7.57. The summed E-state index contributed by atoms with van der Waals surface area (Å²) in [7, 11) is -1.46. The van der Waals surface area contributed by atoms with Crippen LogP contribution in [0.2, 0.25) is 5.02 Å². The first kappa shape index (κ1) is 23.5. The van der Waals surface area contributed by atoms with Crippen LogP contribution in [0.3, 0.4) is 0 Å². The van der Waals surface area contributed by atoms with Gasteiger partial charge in [0.1, 0.15) is 0 Å². The molecule has 0 aliphatic carbocycles. The van der Waals surface area contributed by atoms with Crippen molar-refractivity contribution in [3.05, 3.63) is 34.9 Å². The quantitative estimate of drug-likeness (QED) is 0.368. The van der Waals surface area contributed by atoms with Gasteiger partial charge in [-0.15, -0.1) is 24.0 Å². The topological polar surface area (TPSA) is 70.6 Å². The van der Waals surface area contributed by atoms with E-state index >= 15 is 0 Å². The maximum atomic E-state index is 12.0. The molecule has 0 aliphatic heterocycles. The van der Waals surface area contributed by atoms with E-state index in [4.69, 9.17) is 11.6 Å². The highest BCUT2D eigenvalue weighted by Crippen LogP contribution is 2.15. The van der Waals surface area contributed by atoms with Crippen molar-refractivity contribution in [1.29, 1.82) is 0 Å². The number of nitrogens with zero attached hydrogens (tertiary/aromatic N) is 1. The number of hydrogen-bond acceptors (Lipinski definition) is 3. The number of guanidine groups is 1. The Morgan fingerprint density at radius 2 is 1.67 bits per heavy atom. The lowest BCUT2D eigenvalue weighted by Crippen LogP contribution is -2.42. The molecule has 1 rings (SSSR count). The lowest BCUT2D eigenvalue weighted by molar-refractivity contribution is 0.559. The van der Waals surface area contributed by atoms with Crippen LogP contribution < -0.4 is 10.6 Å². The molecule has 0 saturated heterocycles. The Morgan fingerprint density at radius 1 is 1.12 bits per heavy atom. The highest BCUT2D eigenvalue weighted by atomic mass is 127. The minimum absolute atomic E-state index is 0. The normalized spacial score (nSPS) is 12.5. The molecule has 1 aromatic rings.